The average molecular weight is 211 g/mol. The summed E-state index contributed by atoms with van der Waals surface area (Å²) in [5.41, 5.74) is -0.259. The van der Waals surface area contributed by atoms with Gasteiger partial charge < -0.3 is 0 Å². The SMILES string of the molecule is CC(C)(C)C1=N[C@@H](C(F)(F)F)CS1. The van der Waals surface area contributed by atoms with Crippen molar-refractivity contribution in [3.05, 3.63) is 0 Å². The Hall–Kier alpha value is -0.190. The molecule has 0 bridgehead atoms. The van der Waals surface area contributed by atoms with Gasteiger partial charge in [-0.15, -0.1) is 11.8 Å². The fourth-order valence-corrected chi connectivity index (χ4v) is 2.17. The zero-order chi connectivity index (χ0) is 10.3. The molecular formula is C8H12F3NS. The normalized spacial score (nSPS) is 24.8. The number of hydrogen-bond acceptors (Lipinski definition) is 2. The third-order valence-electron chi connectivity index (χ3n) is 1.67. The predicted molar refractivity (Wildman–Crippen MR) is 49.2 cm³/mol. The number of aliphatic imine (C=N–C) groups is 1. The van der Waals surface area contributed by atoms with Gasteiger partial charge in [-0.25, -0.2) is 0 Å². The molecule has 1 aliphatic heterocycles. The molecule has 0 saturated heterocycles. The first kappa shape index (κ1) is 10.9. The van der Waals surface area contributed by atoms with Crippen LogP contribution in [0, 0.1) is 5.41 Å². The summed E-state index contributed by atoms with van der Waals surface area (Å²) in [5.74, 6) is 0.0378. The van der Waals surface area contributed by atoms with Crippen LogP contribution in [0.2, 0.25) is 0 Å². The molecule has 0 aliphatic carbocycles. The molecule has 1 heterocycles. The Balaban J connectivity index is 2.76. The van der Waals surface area contributed by atoms with E-state index in [1.807, 2.05) is 20.8 Å². The molecule has 0 aromatic rings. The smallest absolute Gasteiger partial charge is 0.269 e. The van der Waals surface area contributed by atoms with Gasteiger partial charge in [0.05, 0.1) is 5.04 Å². The molecule has 0 N–H and O–H groups in total. The van der Waals surface area contributed by atoms with Crippen LogP contribution in [0.5, 0.6) is 0 Å². The molecule has 1 atom stereocenters. The van der Waals surface area contributed by atoms with Gasteiger partial charge in [-0.2, -0.15) is 13.2 Å². The highest BCUT2D eigenvalue weighted by molar-refractivity contribution is 8.14. The molecule has 0 aromatic carbocycles. The lowest BCUT2D eigenvalue weighted by molar-refractivity contribution is -0.141. The van der Waals surface area contributed by atoms with Gasteiger partial charge in [-0.05, 0) is 0 Å². The van der Waals surface area contributed by atoms with Crippen molar-refractivity contribution in [2.24, 2.45) is 10.4 Å². The summed E-state index contributed by atoms with van der Waals surface area (Å²) in [6.45, 7) is 5.62. The minimum absolute atomic E-state index is 0.0378. The van der Waals surface area contributed by atoms with Gasteiger partial charge in [-0.1, -0.05) is 20.8 Å². The van der Waals surface area contributed by atoms with Crippen LogP contribution < -0.4 is 0 Å². The first-order valence-corrected chi connectivity index (χ1v) is 4.97. The van der Waals surface area contributed by atoms with Gasteiger partial charge in [0.15, 0.2) is 6.04 Å². The first-order valence-electron chi connectivity index (χ1n) is 3.99. The van der Waals surface area contributed by atoms with E-state index in [0.29, 0.717) is 5.04 Å². The Bertz CT molecular complexity index is 227. The third-order valence-corrected chi connectivity index (χ3v) is 3.14. The van der Waals surface area contributed by atoms with Crippen LogP contribution in [-0.4, -0.2) is 23.0 Å². The van der Waals surface area contributed by atoms with Crippen molar-refractivity contribution in [1.29, 1.82) is 0 Å². The molecule has 0 radical (unpaired) electrons. The Morgan fingerprint density at radius 2 is 1.85 bits per heavy atom. The molecule has 0 saturated carbocycles. The maximum Gasteiger partial charge on any atom is 0.411 e. The van der Waals surface area contributed by atoms with E-state index >= 15 is 0 Å². The van der Waals surface area contributed by atoms with E-state index in [4.69, 9.17) is 0 Å². The lowest BCUT2D eigenvalue weighted by atomic mass is 9.98. The summed E-state index contributed by atoms with van der Waals surface area (Å²) in [6, 6.07) is -1.49. The van der Waals surface area contributed by atoms with Crippen LogP contribution >= 0.6 is 11.8 Å². The predicted octanol–water partition coefficient (Wildman–Crippen LogP) is 3.11. The second-order valence-electron chi connectivity index (χ2n) is 4.05. The van der Waals surface area contributed by atoms with E-state index in [2.05, 4.69) is 4.99 Å². The molecular weight excluding hydrogens is 199 g/mol. The van der Waals surface area contributed by atoms with Gasteiger partial charge in [0, 0.05) is 11.2 Å². The fourth-order valence-electron chi connectivity index (χ4n) is 0.952. The van der Waals surface area contributed by atoms with Crippen molar-refractivity contribution in [2.75, 3.05) is 5.75 Å². The zero-order valence-corrected chi connectivity index (χ0v) is 8.59. The lowest BCUT2D eigenvalue weighted by Crippen LogP contribution is -2.27. The summed E-state index contributed by atoms with van der Waals surface area (Å²) < 4.78 is 36.6. The molecule has 13 heavy (non-hydrogen) atoms. The monoisotopic (exact) mass is 211 g/mol. The molecule has 0 unspecified atom stereocenters. The van der Waals surface area contributed by atoms with Crippen molar-refractivity contribution >= 4 is 16.8 Å². The van der Waals surface area contributed by atoms with Crippen LogP contribution in [0.3, 0.4) is 0 Å². The minimum Gasteiger partial charge on any atom is -0.269 e. The maximum atomic E-state index is 12.2. The van der Waals surface area contributed by atoms with Crippen molar-refractivity contribution in [3.8, 4) is 0 Å². The Morgan fingerprint density at radius 3 is 2.08 bits per heavy atom. The molecule has 76 valence electrons. The molecule has 0 fully saturated rings. The van der Waals surface area contributed by atoms with E-state index in [9.17, 15) is 13.2 Å². The second-order valence-corrected chi connectivity index (χ2v) is 5.06. The summed E-state index contributed by atoms with van der Waals surface area (Å²) >= 11 is 1.21. The molecule has 1 nitrogen and oxygen atoms in total. The number of halogens is 3. The van der Waals surface area contributed by atoms with E-state index in [1.165, 1.54) is 11.8 Å². The summed E-state index contributed by atoms with van der Waals surface area (Å²) in [4.78, 5) is 3.69. The van der Waals surface area contributed by atoms with Crippen molar-refractivity contribution in [3.63, 3.8) is 0 Å². The Morgan fingerprint density at radius 1 is 1.31 bits per heavy atom. The molecule has 0 aromatic heterocycles. The number of alkyl halides is 3. The van der Waals surface area contributed by atoms with Crippen molar-refractivity contribution in [2.45, 2.75) is 33.0 Å². The molecule has 1 rings (SSSR count). The lowest BCUT2D eigenvalue weighted by Gasteiger charge is -2.16. The number of rotatable bonds is 0. The Labute approximate surface area is 79.8 Å². The van der Waals surface area contributed by atoms with Crippen molar-refractivity contribution in [1.82, 2.24) is 0 Å². The fraction of sp³-hybridized carbons (Fsp3) is 0.875. The second kappa shape index (κ2) is 3.19. The summed E-state index contributed by atoms with van der Waals surface area (Å²) in [6.07, 6.45) is -4.18. The molecule has 1 aliphatic rings. The highest BCUT2D eigenvalue weighted by Crippen LogP contribution is 2.36. The van der Waals surface area contributed by atoms with Crippen molar-refractivity contribution < 1.29 is 13.2 Å². The van der Waals surface area contributed by atoms with Gasteiger partial charge in [0.2, 0.25) is 0 Å². The van der Waals surface area contributed by atoms with E-state index in [0.717, 1.165) is 0 Å². The van der Waals surface area contributed by atoms with Crippen LogP contribution in [0.1, 0.15) is 20.8 Å². The quantitative estimate of drug-likeness (QED) is 0.599. The van der Waals surface area contributed by atoms with Gasteiger partial charge in [0.1, 0.15) is 0 Å². The van der Waals surface area contributed by atoms with E-state index < -0.39 is 12.2 Å². The maximum absolute atomic E-state index is 12.2. The standard InChI is InChI=1S/C8H12F3NS/c1-7(2,3)6-12-5(4-13-6)8(9,10)11/h5H,4H2,1-3H3/t5-/m1/s1. The third kappa shape index (κ3) is 2.62. The van der Waals surface area contributed by atoms with Gasteiger partial charge in [-0.3, -0.25) is 4.99 Å². The number of thioether (sulfide) groups is 1. The average Bonchev–Trinajstić information content (AvgIpc) is 2.28. The summed E-state index contributed by atoms with van der Waals surface area (Å²) in [5, 5.41) is 0.606. The van der Waals surface area contributed by atoms with Crippen LogP contribution in [-0.2, 0) is 0 Å². The largest absolute Gasteiger partial charge is 0.411 e. The van der Waals surface area contributed by atoms with Crippen LogP contribution in [0.15, 0.2) is 4.99 Å². The molecule has 0 spiro atoms. The van der Waals surface area contributed by atoms with E-state index in [-0.39, 0.29) is 11.2 Å². The van der Waals surface area contributed by atoms with E-state index in [1.54, 1.807) is 0 Å². The van der Waals surface area contributed by atoms with Crippen LogP contribution in [0.4, 0.5) is 13.2 Å². The van der Waals surface area contributed by atoms with Gasteiger partial charge >= 0.3 is 6.18 Å². The molecule has 0 amide bonds. The number of nitrogens with zero attached hydrogens (tertiary/aromatic N) is 1. The Kier molecular flexibility index (Phi) is 2.67. The summed E-state index contributed by atoms with van der Waals surface area (Å²) in [7, 11) is 0. The topological polar surface area (TPSA) is 12.4 Å². The first-order chi connectivity index (χ1) is 5.71. The minimum atomic E-state index is -4.18. The van der Waals surface area contributed by atoms with Gasteiger partial charge in [0.25, 0.3) is 0 Å². The van der Waals surface area contributed by atoms with Crippen LogP contribution in [0.25, 0.3) is 0 Å². The highest BCUT2D eigenvalue weighted by atomic mass is 32.2. The molecule has 5 heteroatoms. The highest BCUT2D eigenvalue weighted by Gasteiger charge is 2.43. The number of hydrogen-bond donors (Lipinski definition) is 0. The zero-order valence-electron chi connectivity index (χ0n) is 7.77.